The van der Waals surface area contributed by atoms with Gasteiger partial charge in [0, 0.05) is 46.1 Å². The van der Waals surface area contributed by atoms with Crippen LogP contribution in [0.25, 0.3) is 27.9 Å². The standard InChI is InChI=1S/C35H22Cl3F7N8O4/c1-15-49-32(53(50-15)24-7-19(36)6-16(9-46)27(24)35(43,44)45)34(52-13-18(11-48-52)21-3-5-23(38)31(42)29(21)40)33(56,8-25(55)26(14-54)57-34)51-12-17(10-47-51)20-2-4-22(37)30(41)28(20)39/h2-7,10-13,25-26,54-56H,8,14H2,1H3/t25-,26-,33-,34?/m0/s1. The molecule has 0 radical (unpaired) electrons. The number of alkyl halides is 3. The lowest BCUT2D eigenvalue weighted by Gasteiger charge is -2.51. The van der Waals surface area contributed by atoms with Crippen molar-refractivity contribution in [3.05, 3.63) is 122 Å². The van der Waals surface area contributed by atoms with Crippen molar-refractivity contribution in [2.75, 3.05) is 6.61 Å². The Kier molecular flexibility index (Phi) is 10.1. The second kappa shape index (κ2) is 14.4. The molecule has 0 spiro atoms. The van der Waals surface area contributed by atoms with Crippen LogP contribution in [0.2, 0.25) is 15.1 Å². The van der Waals surface area contributed by atoms with Gasteiger partial charge < -0.3 is 20.1 Å². The van der Waals surface area contributed by atoms with Gasteiger partial charge in [0.1, 0.15) is 11.9 Å². The Morgan fingerprint density at radius 3 is 2.02 bits per heavy atom. The summed E-state index contributed by atoms with van der Waals surface area (Å²) < 4.78 is 113. The van der Waals surface area contributed by atoms with Gasteiger partial charge in [0.05, 0.1) is 58.0 Å². The predicted octanol–water partition coefficient (Wildman–Crippen LogP) is 6.90. The molecule has 1 unspecified atom stereocenters. The highest BCUT2D eigenvalue weighted by Gasteiger charge is 2.66. The molecule has 1 aliphatic heterocycles. The third kappa shape index (κ3) is 6.41. The molecule has 4 atom stereocenters. The molecule has 22 heteroatoms. The fourth-order valence-corrected chi connectivity index (χ4v) is 7.18. The van der Waals surface area contributed by atoms with Crippen molar-refractivity contribution in [1.29, 1.82) is 5.26 Å². The first-order valence-corrected chi connectivity index (χ1v) is 17.3. The van der Waals surface area contributed by atoms with E-state index in [9.17, 15) is 42.5 Å². The molecule has 3 aromatic carbocycles. The molecule has 6 aromatic rings. The number of aromatic nitrogens is 7. The van der Waals surface area contributed by atoms with E-state index >= 15 is 8.78 Å². The molecule has 296 valence electrons. The third-order valence-electron chi connectivity index (χ3n) is 9.26. The van der Waals surface area contributed by atoms with Crippen molar-refractivity contribution < 1.29 is 50.8 Å². The minimum Gasteiger partial charge on any atom is -0.394 e. The van der Waals surface area contributed by atoms with Crippen LogP contribution in [0.5, 0.6) is 0 Å². The molecule has 0 saturated carbocycles. The molecule has 12 nitrogen and oxygen atoms in total. The molecule has 57 heavy (non-hydrogen) atoms. The lowest BCUT2D eigenvalue weighted by atomic mass is 9.86. The maximum absolute atomic E-state index is 15.3. The smallest absolute Gasteiger partial charge is 0.394 e. The first-order valence-electron chi connectivity index (χ1n) is 16.2. The van der Waals surface area contributed by atoms with E-state index in [-0.39, 0.29) is 22.0 Å². The fourth-order valence-electron chi connectivity index (χ4n) is 6.68. The molecular weight excluding hydrogens is 836 g/mol. The third-order valence-corrected chi connectivity index (χ3v) is 10.1. The van der Waals surface area contributed by atoms with Gasteiger partial charge in [-0.3, -0.25) is 0 Å². The quantitative estimate of drug-likeness (QED) is 0.115. The molecule has 0 amide bonds. The monoisotopic (exact) mass is 856 g/mol. The summed E-state index contributed by atoms with van der Waals surface area (Å²) in [4.78, 5) is 4.34. The van der Waals surface area contributed by atoms with Gasteiger partial charge in [-0.15, -0.1) is 0 Å². The zero-order valence-electron chi connectivity index (χ0n) is 28.4. The molecule has 1 aliphatic rings. The van der Waals surface area contributed by atoms with Crippen molar-refractivity contribution in [2.45, 2.75) is 43.2 Å². The molecule has 4 heterocycles. The number of aliphatic hydroxyl groups is 3. The lowest BCUT2D eigenvalue weighted by Crippen LogP contribution is -2.68. The van der Waals surface area contributed by atoms with E-state index in [4.69, 9.17) is 39.5 Å². The normalized spacial score (nSPS) is 21.2. The van der Waals surface area contributed by atoms with Crippen molar-refractivity contribution in [3.8, 4) is 34.0 Å². The van der Waals surface area contributed by atoms with E-state index in [0.29, 0.717) is 9.36 Å². The van der Waals surface area contributed by atoms with Crippen LogP contribution in [0.4, 0.5) is 30.7 Å². The summed E-state index contributed by atoms with van der Waals surface area (Å²) in [7, 11) is 0. The first kappa shape index (κ1) is 40.1. The largest absolute Gasteiger partial charge is 0.419 e. The van der Waals surface area contributed by atoms with Crippen molar-refractivity contribution in [3.63, 3.8) is 0 Å². The number of nitrogens with zero attached hydrogens (tertiary/aromatic N) is 8. The number of hydrogen-bond donors (Lipinski definition) is 3. The van der Waals surface area contributed by atoms with Crippen LogP contribution in [0.15, 0.2) is 61.2 Å². The minimum absolute atomic E-state index is 0.200. The van der Waals surface area contributed by atoms with Gasteiger partial charge in [0.25, 0.3) is 5.72 Å². The Hall–Kier alpha value is -5.07. The number of ether oxygens (including phenoxy) is 1. The second-order valence-corrected chi connectivity index (χ2v) is 14.0. The number of halogens is 10. The minimum atomic E-state index is -5.26. The first-order chi connectivity index (χ1) is 26.9. The number of rotatable bonds is 7. The van der Waals surface area contributed by atoms with Gasteiger partial charge in [-0.25, -0.2) is 36.6 Å². The topological polar surface area (TPSA) is 160 Å². The van der Waals surface area contributed by atoms with Crippen molar-refractivity contribution in [2.24, 2.45) is 0 Å². The summed E-state index contributed by atoms with van der Waals surface area (Å²) in [5, 5.41) is 55.6. The van der Waals surface area contributed by atoms with Crippen LogP contribution in [0, 0.1) is 41.5 Å². The van der Waals surface area contributed by atoms with Crippen molar-refractivity contribution >= 4 is 34.8 Å². The molecule has 7 rings (SSSR count). The summed E-state index contributed by atoms with van der Waals surface area (Å²) in [5.41, 5.74) is -10.7. The predicted molar refractivity (Wildman–Crippen MR) is 186 cm³/mol. The van der Waals surface area contributed by atoms with Crippen LogP contribution in [0.3, 0.4) is 0 Å². The Bertz CT molecular complexity index is 2610. The number of aryl methyl sites for hydroxylation is 1. The molecule has 0 aliphatic carbocycles. The highest BCUT2D eigenvalue weighted by Crippen LogP contribution is 2.51. The molecule has 1 fully saturated rings. The van der Waals surface area contributed by atoms with E-state index in [1.165, 1.54) is 13.0 Å². The number of nitriles is 1. The average molecular weight is 858 g/mol. The molecule has 0 bridgehead atoms. The van der Waals surface area contributed by atoms with Crippen LogP contribution < -0.4 is 0 Å². The summed E-state index contributed by atoms with van der Waals surface area (Å²) in [5.74, 6) is -6.79. The van der Waals surface area contributed by atoms with Crippen LogP contribution >= 0.6 is 34.8 Å². The maximum Gasteiger partial charge on any atom is 0.419 e. The summed E-state index contributed by atoms with van der Waals surface area (Å²) in [6.07, 6.45) is -5.83. The van der Waals surface area contributed by atoms with Gasteiger partial charge in [0.2, 0.25) is 5.72 Å². The van der Waals surface area contributed by atoms with E-state index in [0.717, 1.165) is 65.9 Å². The maximum atomic E-state index is 15.3. The Morgan fingerprint density at radius 1 is 0.912 bits per heavy atom. The molecule has 1 saturated heterocycles. The fraction of sp³-hybridized carbons (Fsp3) is 0.229. The summed E-state index contributed by atoms with van der Waals surface area (Å²) >= 11 is 17.7. The zero-order chi connectivity index (χ0) is 41.4. The lowest BCUT2D eigenvalue weighted by molar-refractivity contribution is -0.338. The van der Waals surface area contributed by atoms with Crippen molar-refractivity contribution in [1.82, 2.24) is 34.3 Å². The number of aliphatic hydroxyl groups excluding tert-OH is 2. The Balaban J connectivity index is 1.59. The van der Waals surface area contributed by atoms with Gasteiger partial charge in [0.15, 0.2) is 29.1 Å². The zero-order valence-corrected chi connectivity index (χ0v) is 30.7. The van der Waals surface area contributed by atoms with Gasteiger partial charge in [-0.05, 0) is 43.3 Å². The number of hydrogen-bond acceptors (Lipinski definition) is 9. The number of benzene rings is 3. The van der Waals surface area contributed by atoms with Crippen LogP contribution in [-0.2, 0) is 22.4 Å². The molecule has 3 aromatic heterocycles. The average Bonchev–Trinajstić information content (AvgIpc) is 3.94. The van der Waals surface area contributed by atoms with E-state index in [1.54, 1.807) is 0 Å². The molecular formula is C35H22Cl3F7N8O4. The van der Waals surface area contributed by atoms with E-state index in [1.807, 2.05) is 0 Å². The summed E-state index contributed by atoms with van der Waals surface area (Å²) in [6, 6.07) is 7.24. The van der Waals surface area contributed by atoms with Gasteiger partial charge >= 0.3 is 6.18 Å². The Labute approximate surface area is 330 Å². The van der Waals surface area contributed by atoms with E-state index < -0.39 is 110 Å². The molecule has 3 N–H and O–H groups in total. The van der Waals surface area contributed by atoms with E-state index in [2.05, 4.69) is 20.3 Å². The highest BCUT2D eigenvalue weighted by atomic mass is 35.5. The second-order valence-electron chi connectivity index (χ2n) is 12.7. The highest BCUT2D eigenvalue weighted by molar-refractivity contribution is 6.31. The Morgan fingerprint density at radius 2 is 1.47 bits per heavy atom. The summed E-state index contributed by atoms with van der Waals surface area (Å²) in [6.45, 7) is 0.238. The SMILES string of the molecule is Cc1nc(C2(n3cc(-c4ccc(Cl)c(F)c4F)cn3)O[C@@H](CO)[C@@H](O)C[C@@]2(O)n2cc(-c3ccc(Cl)c(F)c3F)cn2)n(-c2cc(Cl)cc(C#N)c2C(F)(F)F)n1. The van der Waals surface area contributed by atoms with Gasteiger partial charge in [-0.1, -0.05) is 34.8 Å². The van der Waals surface area contributed by atoms with Crippen LogP contribution in [-0.4, -0.2) is 68.5 Å². The van der Waals surface area contributed by atoms with Gasteiger partial charge in [-0.2, -0.15) is 33.7 Å². The van der Waals surface area contributed by atoms with Crippen LogP contribution in [0.1, 0.15) is 29.2 Å².